The topological polar surface area (TPSA) is 29.4 Å². The predicted molar refractivity (Wildman–Crippen MR) is 52.9 cm³/mol. The van der Waals surface area contributed by atoms with Crippen LogP contribution in [-0.4, -0.2) is 0 Å². The Balaban J connectivity index is 2.45. The number of rotatable bonds is 1. The zero-order chi connectivity index (χ0) is 9.26. The van der Waals surface area contributed by atoms with Crippen molar-refractivity contribution in [2.75, 3.05) is 0 Å². The molecule has 0 radical (unpaired) electrons. The number of nitroso groups, excluding NO2 is 1. The molecule has 68 valence electrons. The van der Waals surface area contributed by atoms with Crippen LogP contribution in [0, 0.1) is 4.91 Å². The summed E-state index contributed by atoms with van der Waals surface area (Å²) in [5.74, 6) is 0. The second-order valence-electron chi connectivity index (χ2n) is 3.36. The summed E-state index contributed by atoms with van der Waals surface area (Å²) in [5, 5.41) is 3.87. The summed E-state index contributed by atoms with van der Waals surface area (Å²) in [4.78, 5) is 10.5. The molecule has 0 saturated heterocycles. The number of fused-ring (bicyclic) bond motifs is 1. The molecule has 3 heteroatoms. The van der Waals surface area contributed by atoms with Gasteiger partial charge in [0, 0.05) is 5.02 Å². The van der Waals surface area contributed by atoms with Gasteiger partial charge < -0.3 is 0 Å². The zero-order valence-electron chi connectivity index (χ0n) is 7.16. The number of aryl methyl sites for hydroxylation is 1. The van der Waals surface area contributed by atoms with Crippen LogP contribution >= 0.6 is 11.6 Å². The number of hydrogen-bond donors (Lipinski definition) is 0. The molecule has 1 aliphatic carbocycles. The maximum Gasteiger partial charge on any atom is 0.117 e. The summed E-state index contributed by atoms with van der Waals surface area (Å²) in [6.45, 7) is 0. The number of nitrogens with zero attached hydrogens (tertiary/aromatic N) is 1. The Morgan fingerprint density at radius 2 is 2.31 bits per heavy atom. The van der Waals surface area contributed by atoms with Gasteiger partial charge in [0.1, 0.15) is 6.04 Å². The average molecular weight is 196 g/mol. The first-order valence-corrected chi connectivity index (χ1v) is 4.80. The van der Waals surface area contributed by atoms with Crippen molar-refractivity contribution in [1.29, 1.82) is 0 Å². The van der Waals surface area contributed by atoms with Crippen LogP contribution in [0.25, 0.3) is 0 Å². The molecule has 1 aromatic rings. The Kier molecular flexibility index (Phi) is 2.32. The molecular formula is C10H10ClNO. The van der Waals surface area contributed by atoms with Crippen molar-refractivity contribution >= 4 is 11.6 Å². The van der Waals surface area contributed by atoms with Crippen molar-refractivity contribution < 1.29 is 0 Å². The summed E-state index contributed by atoms with van der Waals surface area (Å²) < 4.78 is 0. The third kappa shape index (κ3) is 1.59. The first-order chi connectivity index (χ1) is 6.31. The number of hydrogen-bond acceptors (Lipinski definition) is 2. The molecule has 0 aliphatic heterocycles. The lowest BCUT2D eigenvalue weighted by atomic mass is 9.88. The number of halogens is 1. The van der Waals surface area contributed by atoms with E-state index in [1.165, 1.54) is 5.56 Å². The highest BCUT2D eigenvalue weighted by Crippen LogP contribution is 2.33. The van der Waals surface area contributed by atoms with Crippen LogP contribution in [0.5, 0.6) is 0 Å². The minimum absolute atomic E-state index is 0.152. The largest absolute Gasteiger partial charge is 0.150 e. The van der Waals surface area contributed by atoms with E-state index in [-0.39, 0.29) is 6.04 Å². The third-order valence-electron chi connectivity index (χ3n) is 2.51. The van der Waals surface area contributed by atoms with E-state index in [2.05, 4.69) is 5.18 Å². The third-order valence-corrected chi connectivity index (χ3v) is 2.75. The van der Waals surface area contributed by atoms with Crippen molar-refractivity contribution in [2.24, 2.45) is 5.18 Å². The molecule has 1 aromatic carbocycles. The maximum absolute atomic E-state index is 10.5. The van der Waals surface area contributed by atoms with Gasteiger partial charge in [0.05, 0.1) is 0 Å². The molecule has 1 aliphatic rings. The van der Waals surface area contributed by atoms with Gasteiger partial charge in [0.2, 0.25) is 0 Å². The molecule has 1 unspecified atom stereocenters. The summed E-state index contributed by atoms with van der Waals surface area (Å²) in [7, 11) is 0. The van der Waals surface area contributed by atoms with E-state index >= 15 is 0 Å². The maximum atomic E-state index is 10.5. The summed E-state index contributed by atoms with van der Waals surface area (Å²) in [6, 6.07) is 5.53. The lowest BCUT2D eigenvalue weighted by molar-refractivity contribution is 0.569. The molecule has 0 fully saturated rings. The van der Waals surface area contributed by atoms with Crippen molar-refractivity contribution in [3.05, 3.63) is 39.3 Å². The minimum Gasteiger partial charge on any atom is -0.150 e. The Labute approximate surface area is 81.9 Å². The quantitative estimate of drug-likeness (QED) is 0.631. The van der Waals surface area contributed by atoms with Crippen LogP contribution in [0.3, 0.4) is 0 Å². The zero-order valence-corrected chi connectivity index (χ0v) is 7.92. The second kappa shape index (κ2) is 3.46. The molecule has 2 nitrogen and oxygen atoms in total. The lowest BCUT2D eigenvalue weighted by Crippen LogP contribution is -2.07. The van der Waals surface area contributed by atoms with Gasteiger partial charge in [-0.2, -0.15) is 4.91 Å². The van der Waals surface area contributed by atoms with Crippen LogP contribution < -0.4 is 0 Å². The minimum atomic E-state index is -0.152. The van der Waals surface area contributed by atoms with E-state index in [9.17, 15) is 4.91 Å². The Hall–Kier alpha value is -0.890. The molecule has 0 aromatic heterocycles. The van der Waals surface area contributed by atoms with E-state index in [0.29, 0.717) is 0 Å². The standard InChI is InChI=1S/C10H10ClNO/c11-8-4-5-9-7(6-8)2-1-3-10(9)12-13/h4-6,10H,1-3H2. The fourth-order valence-electron chi connectivity index (χ4n) is 1.87. The van der Waals surface area contributed by atoms with E-state index in [1.54, 1.807) is 0 Å². The van der Waals surface area contributed by atoms with Gasteiger partial charge in [0.25, 0.3) is 0 Å². The molecule has 1 atom stereocenters. The molecule has 13 heavy (non-hydrogen) atoms. The van der Waals surface area contributed by atoms with Crippen molar-refractivity contribution in [2.45, 2.75) is 25.3 Å². The van der Waals surface area contributed by atoms with Gasteiger partial charge in [-0.05, 0) is 42.5 Å². The molecular weight excluding hydrogens is 186 g/mol. The van der Waals surface area contributed by atoms with Crippen LogP contribution in [0.15, 0.2) is 23.4 Å². The molecule has 2 rings (SSSR count). The monoisotopic (exact) mass is 195 g/mol. The van der Waals surface area contributed by atoms with Crippen molar-refractivity contribution in [3.63, 3.8) is 0 Å². The average Bonchev–Trinajstić information content (AvgIpc) is 2.16. The Morgan fingerprint density at radius 1 is 1.46 bits per heavy atom. The van der Waals surface area contributed by atoms with Crippen LogP contribution in [0.2, 0.25) is 5.02 Å². The highest BCUT2D eigenvalue weighted by atomic mass is 35.5. The molecule has 0 N–H and O–H groups in total. The van der Waals surface area contributed by atoms with Crippen molar-refractivity contribution in [3.8, 4) is 0 Å². The van der Waals surface area contributed by atoms with Crippen LogP contribution in [0.4, 0.5) is 0 Å². The van der Waals surface area contributed by atoms with Gasteiger partial charge in [-0.1, -0.05) is 22.8 Å². The first kappa shape index (κ1) is 8.70. The molecule has 0 heterocycles. The number of benzene rings is 1. The van der Waals surface area contributed by atoms with E-state index in [1.807, 2.05) is 18.2 Å². The Bertz CT molecular complexity index is 338. The van der Waals surface area contributed by atoms with Gasteiger partial charge in [-0.25, -0.2) is 0 Å². The normalized spacial score (nSPS) is 20.8. The van der Waals surface area contributed by atoms with Gasteiger partial charge >= 0.3 is 0 Å². The predicted octanol–water partition coefficient (Wildman–Crippen LogP) is 3.48. The van der Waals surface area contributed by atoms with E-state index in [0.717, 1.165) is 29.8 Å². The van der Waals surface area contributed by atoms with Gasteiger partial charge in [0.15, 0.2) is 0 Å². The fraction of sp³-hybridized carbons (Fsp3) is 0.400. The second-order valence-corrected chi connectivity index (χ2v) is 3.79. The highest BCUT2D eigenvalue weighted by Gasteiger charge is 2.20. The lowest BCUT2D eigenvalue weighted by Gasteiger charge is -2.19. The molecule has 0 spiro atoms. The van der Waals surface area contributed by atoms with Crippen LogP contribution in [-0.2, 0) is 6.42 Å². The first-order valence-electron chi connectivity index (χ1n) is 4.42. The summed E-state index contributed by atoms with van der Waals surface area (Å²) in [6.07, 6.45) is 2.92. The smallest absolute Gasteiger partial charge is 0.117 e. The van der Waals surface area contributed by atoms with Gasteiger partial charge in [-0.15, -0.1) is 0 Å². The molecule has 0 saturated carbocycles. The Morgan fingerprint density at radius 3 is 3.08 bits per heavy atom. The van der Waals surface area contributed by atoms with Gasteiger partial charge in [-0.3, -0.25) is 0 Å². The summed E-state index contributed by atoms with van der Waals surface area (Å²) in [5.41, 5.74) is 2.24. The summed E-state index contributed by atoms with van der Waals surface area (Å²) >= 11 is 5.86. The van der Waals surface area contributed by atoms with E-state index in [4.69, 9.17) is 11.6 Å². The SMILES string of the molecule is O=NC1CCCc2cc(Cl)ccc21. The molecule has 0 bridgehead atoms. The fourth-order valence-corrected chi connectivity index (χ4v) is 2.06. The van der Waals surface area contributed by atoms with E-state index < -0.39 is 0 Å². The highest BCUT2D eigenvalue weighted by molar-refractivity contribution is 6.30. The van der Waals surface area contributed by atoms with Crippen molar-refractivity contribution in [1.82, 2.24) is 0 Å². The molecule has 0 amide bonds. The van der Waals surface area contributed by atoms with Crippen LogP contribution in [0.1, 0.15) is 30.0 Å².